The summed E-state index contributed by atoms with van der Waals surface area (Å²) in [5.41, 5.74) is -0.0365. The molecule has 0 aliphatic carbocycles. The fourth-order valence-corrected chi connectivity index (χ4v) is 2.02. The highest BCUT2D eigenvalue weighted by molar-refractivity contribution is 6.33. The standard InChI is InChI=1S/C14H17Cl2NO3/c1-14(2,3)20-13(19)17-12(6-7-18)10-8-9(15)4-5-11(10)16/h4-5,7-8,12H,6H2,1-3H3,(H,17,19)/t12-/m0/s1. The first-order chi connectivity index (χ1) is 9.23. The van der Waals surface area contributed by atoms with Crippen LogP contribution < -0.4 is 5.32 Å². The zero-order valence-corrected chi connectivity index (χ0v) is 13.1. The van der Waals surface area contributed by atoms with Gasteiger partial charge in [-0.1, -0.05) is 23.2 Å². The highest BCUT2D eigenvalue weighted by Gasteiger charge is 2.22. The van der Waals surface area contributed by atoms with Gasteiger partial charge in [0.05, 0.1) is 6.04 Å². The van der Waals surface area contributed by atoms with Crippen LogP contribution in [0.2, 0.25) is 10.0 Å². The second-order valence-corrected chi connectivity index (χ2v) is 6.11. The van der Waals surface area contributed by atoms with Crippen molar-refractivity contribution in [2.75, 3.05) is 0 Å². The Labute approximate surface area is 128 Å². The molecule has 110 valence electrons. The van der Waals surface area contributed by atoms with Gasteiger partial charge in [-0.25, -0.2) is 4.79 Å². The van der Waals surface area contributed by atoms with Crippen LogP contribution in [0, 0.1) is 0 Å². The first-order valence-corrected chi connectivity index (χ1v) is 6.86. The Morgan fingerprint density at radius 3 is 2.60 bits per heavy atom. The van der Waals surface area contributed by atoms with Crippen molar-refractivity contribution in [3.05, 3.63) is 33.8 Å². The van der Waals surface area contributed by atoms with E-state index in [4.69, 9.17) is 27.9 Å². The Balaban J connectivity index is 2.91. The lowest BCUT2D eigenvalue weighted by molar-refractivity contribution is -0.108. The van der Waals surface area contributed by atoms with E-state index in [0.717, 1.165) is 0 Å². The zero-order valence-electron chi connectivity index (χ0n) is 11.6. The molecule has 0 saturated heterocycles. The Morgan fingerprint density at radius 2 is 2.05 bits per heavy atom. The largest absolute Gasteiger partial charge is 0.444 e. The van der Waals surface area contributed by atoms with Gasteiger partial charge in [0.1, 0.15) is 11.9 Å². The van der Waals surface area contributed by atoms with Crippen LogP contribution in [0.3, 0.4) is 0 Å². The molecule has 0 spiro atoms. The molecule has 1 aromatic rings. The summed E-state index contributed by atoms with van der Waals surface area (Å²) in [6.07, 6.45) is 0.180. The summed E-state index contributed by atoms with van der Waals surface area (Å²) in [4.78, 5) is 22.6. The highest BCUT2D eigenvalue weighted by Crippen LogP contribution is 2.28. The fraction of sp³-hybridized carbons (Fsp3) is 0.429. The number of rotatable bonds is 4. The number of carbonyl (C=O) groups excluding carboxylic acids is 2. The molecule has 4 nitrogen and oxygen atoms in total. The molecule has 20 heavy (non-hydrogen) atoms. The van der Waals surface area contributed by atoms with Crippen molar-refractivity contribution < 1.29 is 14.3 Å². The quantitative estimate of drug-likeness (QED) is 0.849. The summed E-state index contributed by atoms with van der Waals surface area (Å²) in [6, 6.07) is 4.30. The molecule has 0 aromatic heterocycles. The Hall–Kier alpha value is -1.26. The lowest BCUT2D eigenvalue weighted by Crippen LogP contribution is -2.35. The normalized spacial score (nSPS) is 12.7. The summed E-state index contributed by atoms with van der Waals surface area (Å²) in [6.45, 7) is 5.27. The maximum absolute atomic E-state index is 11.8. The van der Waals surface area contributed by atoms with Gasteiger partial charge in [-0.2, -0.15) is 0 Å². The van der Waals surface area contributed by atoms with E-state index in [1.54, 1.807) is 39.0 Å². The number of amides is 1. The van der Waals surface area contributed by atoms with Gasteiger partial charge in [-0.05, 0) is 44.5 Å². The Bertz CT molecular complexity index is 498. The molecule has 0 saturated carbocycles. The zero-order chi connectivity index (χ0) is 15.3. The first-order valence-electron chi connectivity index (χ1n) is 6.11. The third-order valence-corrected chi connectivity index (χ3v) is 2.94. The Kier molecular flexibility index (Phi) is 5.84. The van der Waals surface area contributed by atoms with E-state index < -0.39 is 17.7 Å². The van der Waals surface area contributed by atoms with Crippen LogP contribution >= 0.6 is 23.2 Å². The van der Waals surface area contributed by atoms with E-state index in [1.165, 1.54) is 0 Å². The summed E-state index contributed by atoms with van der Waals surface area (Å²) in [5, 5.41) is 3.53. The van der Waals surface area contributed by atoms with Gasteiger partial charge in [0.15, 0.2) is 0 Å². The van der Waals surface area contributed by atoms with E-state index in [0.29, 0.717) is 21.9 Å². The van der Waals surface area contributed by atoms with Crippen molar-refractivity contribution in [2.45, 2.75) is 38.8 Å². The molecule has 1 atom stereocenters. The van der Waals surface area contributed by atoms with Crippen molar-refractivity contribution in [3.8, 4) is 0 Å². The molecule has 1 amide bonds. The summed E-state index contributed by atoms with van der Waals surface area (Å²) >= 11 is 12.0. The van der Waals surface area contributed by atoms with Crippen LogP contribution in [0.4, 0.5) is 4.79 Å². The van der Waals surface area contributed by atoms with Gasteiger partial charge in [0.25, 0.3) is 0 Å². The molecule has 1 rings (SSSR count). The van der Waals surface area contributed by atoms with Gasteiger partial charge in [0.2, 0.25) is 0 Å². The molecule has 0 fully saturated rings. The molecule has 6 heteroatoms. The maximum Gasteiger partial charge on any atom is 0.408 e. The van der Waals surface area contributed by atoms with E-state index in [1.807, 2.05) is 0 Å². The number of nitrogens with one attached hydrogen (secondary N) is 1. The smallest absolute Gasteiger partial charge is 0.408 e. The fourth-order valence-electron chi connectivity index (χ4n) is 1.59. The average molecular weight is 318 g/mol. The first kappa shape index (κ1) is 16.8. The second kappa shape index (κ2) is 6.95. The van der Waals surface area contributed by atoms with Crippen LogP contribution in [0.15, 0.2) is 18.2 Å². The number of benzene rings is 1. The van der Waals surface area contributed by atoms with Crippen molar-refractivity contribution in [1.29, 1.82) is 0 Å². The van der Waals surface area contributed by atoms with Crippen LogP contribution in [0.5, 0.6) is 0 Å². The predicted octanol–water partition coefficient (Wildman–Crippen LogP) is 4.15. The third kappa shape index (κ3) is 5.39. The summed E-state index contributed by atoms with van der Waals surface area (Å²) < 4.78 is 5.16. The minimum atomic E-state index is -0.617. The number of alkyl carbamates (subject to hydrolysis) is 1. The van der Waals surface area contributed by atoms with E-state index >= 15 is 0 Å². The topological polar surface area (TPSA) is 55.4 Å². The van der Waals surface area contributed by atoms with Crippen molar-refractivity contribution in [2.24, 2.45) is 0 Å². The van der Waals surface area contributed by atoms with Gasteiger partial charge in [-0.3, -0.25) is 0 Å². The molecule has 1 aromatic carbocycles. The van der Waals surface area contributed by atoms with Gasteiger partial charge in [-0.15, -0.1) is 0 Å². The van der Waals surface area contributed by atoms with Gasteiger partial charge < -0.3 is 14.8 Å². The van der Waals surface area contributed by atoms with Crippen LogP contribution in [0.25, 0.3) is 0 Å². The average Bonchev–Trinajstić information content (AvgIpc) is 2.29. The molecule has 0 radical (unpaired) electrons. The van der Waals surface area contributed by atoms with Crippen molar-refractivity contribution in [1.82, 2.24) is 5.32 Å². The molecule has 0 aliphatic rings. The highest BCUT2D eigenvalue weighted by atomic mass is 35.5. The number of ether oxygens (including phenoxy) is 1. The van der Waals surface area contributed by atoms with E-state index in [-0.39, 0.29) is 6.42 Å². The molecule has 0 bridgehead atoms. The second-order valence-electron chi connectivity index (χ2n) is 5.27. The van der Waals surface area contributed by atoms with Gasteiger partial charge >= 0.3 is 6.09 Å². The Morgan fingerprint density at radius 1 is 1.40 bits per heavy atom. The number of aldehydes is 1. The van der Waals surface area contributed by atoms with Crippen LogP contribution in [-0.4, -0.2) is 18.0 Å². The van der Waals surface area contributed by atoms with Gasteiger partial charge in [0, 0.05) is 16.5 Å². The maximum atomic E-state index is 11.8. The monoisotopic (exact) mass is 317 g/mol. The molecule has 0 aliphatic heterocycles. The minimum absolute atomic E-state index is 0.0826. The van der Waals surface area contributed by atoms with Crippen molar-refractivity contribution in [3.63, 3.8) is 0 Å². The number of hydrogen-bond donors (Lipinski definition) is 1. The summed E-state index contributed by atoms with van der Waals surface area (Å²) in [7, 11) is 0. The number of halogens is 2. The minimum Gasteiger partial charge on any atom is -0.444 e. The van der Waals surface area contributed by atoms with E-state index in [9.17, 15) is 9.59 Å². The van der Waals surface area contributed by atoms with Crippen LogP contribution in [-0.2, 0) is 9.53 Å². The molecule has 0 heterocycles. The third-order valence-electron chi connectivity index (χ3n) is 2.36. The van der Waals surface area contributed by atoms with Crippen LogP contribution in [0.1, 0.15) is 38.8 Å². The predicted molar refractivity (Wildman–Crippen MR) is 79.3 cm³/mol. The lowest BCUT2D eigenvalue weighted by atomic mass is 10.0. The lowest BCUT2D eigenvalue weighted by Gasteiger charge is -2.23. The molecule has 0 unspecified atom stereocenters. The number of hydrogen-bond acceptors (Lipinski definition) is 3. The molecular weight excluding hydrogens is 301 g/mol. The van der Waals surface area contributed by atoms with Crippen molar-refractivity contribution >= 4 is 35.6 Å². The number of carbonyl (C=O) groups is 2. The molecular formula is C14H17Cl2NO3. The molecule has 1 N–H and O–H groups in total. The SMILES string of the molecule is CC(C)(C)OC(=O)N[C@@H](CC=O)c1cc(Cl)ccc1Cl. The summed E-state index contributed by atoms with van der Waals surface area (Å²) in [5.74, 6) is 0. The van der Waals surface area contributed by atoms with E-state index in [2.05, 4.69) is 5.32 Å².